The van der Waals surface area contributed by atoms with E-state index in [1.54, 1.807) is 30.3 Å². The number of nitrogens with one attached hydrogen (secondary N) is 1. The van der Waals surface area contributed by atoms with Gasteiger partial charge in [-0.25, -0.2) is 32.5 Å². The Balaban J connectivity index is 1.65. The minimum atomic E-state index is -4.60. The number of ketones is 3. The van der Waals surface area contributed by atoms with Gasteiger partial charge in [0.05, 0.1) is 28.5 Å². The van der Waals surface area contributed by atoms with E-state index in [4.69, 9.17) is 16.7 Å². The Morgan fingerprint density at radius 3 is 2.38 bits per heavy atom. The standard InChI is InChI=1S/C27H18ClN5O10S2/c1-43-27(38)24(36)20(23(35)25-31-17-10-14(28)18(44(29,39)40)11-19(17)45(41,42)33-25)21-26(37)32-16-9-13(7-8-15(16)30-21)22(34)12-5-3-2-4-6-12/h2-11,20H,1H3,(H,32,37)(H2,29,39,40)(H,31,33,41,42)/t20-/m0/s1. The van der Waals surface area contributed by atoms with Crippen molar-refractivity contribution in [1.82, 2.24) is 9.97 Å². The second-order valence-electron chi connectivity index (χ2n) is 9.35. The Morgan fingerprint density at radius 1 is 1.04 bits per heavy atom. The molecule has 1 unspecified atom stereocenters. The smallest absolute Gasteiger partial charge is 0.375 e. The highest BCUT2D eigenvalue weighted by molar-refractivity contribution is 7.89. The van der Waals surface area contributed by atoms with Crippen LogP contribution in [0.1, 0.15) is 27.5 Å². The van der Waals surface area contributed by atoms with Gasteiger partial charge in [-0.2, -0.15) is 0 Å². The number of fused-ring (bicyclic) bond motifs is 2. The number of methoxy groups -OCH3 is 1. The molecule has 2 atom stereocenters. The van der Waals surface area contributed by atoms with E-state index < -0.39 is 80.3 Å². The molecule has 5 rings (SSSR count). The quantitative estimate of drug-likeness (QED) is 0.0765. The summed E-state index contributed by atoms with van der Waals surface area (Å²) in [5.41, 5.74) is -1.31. The lowest BCUT2D eigenvalue weighted by Gasteiger charge is -2.15. The van der Waals surface area contributed by atoms with Crippen molar-refractivity contribution in [2.24, 2.45) is 14.5 Å². The van der Waals surface area contributed by atoms with Crippen LogP contribution in [-0.2, 0) is 39.1 Å². The second-order valence-corrected chi connectivity index (χ2v) is 12.9. The van der Waals surface area contributed by atoms with Crippen LogP contribution in [0.25, 0.3) is 11.0 Å². The number of amidine groups is 1. The maximum absolute atomic E-state index is 13.7. The van der Waals surface area contributed by atoms with Crippen molar-refractivity contribution in [1.29, 1.82) is 0 Å². The molecule has 3 aromatic carbocycles. The fourth-order valence-electron chi connectivity index (χ4n) is 4.35. The van der Waals surface area contributed by atoms with Crippen molar-refractivity contribution in [2.75, 3.05) is 7.11 Å². The largest absolute Gasteiger partial charge is 0.463 e. The Labute approximate surface area is 257 Å². The summed E-state index contributed by atoms with van der Waals surface area (Å²) in [5, 5.41) is 4.11. The van der Waals surface area contributed by atoms with E-state index in [-0.39, 0.29) is 22.4 Å². The zero-order valence-corrected chi connectivity index (χ0v) is 25.0. The van der Waals surface area contributed by atoms with Crippen LogP contribution in [0, 0.1) is 4.51 Å². The molecule has 0 radical (unpaired) electrons. The zero-order chi connectivity index (χ0) is 32.8. The molecule has 230 valence electrons. The number of sulfonamides is 1. The van der Waals surface area contributed by atoms with Gasteiger partial charge in [0.25, 0.3) is 11.3 Å². The van der Waals surface area contributed by atoms with Crippen molar-refractivity contribution in [3.63, 3.8) is 0 Å². The number of nitrogens with zero attached hydrogens (tertiary/aromatic N) is 3. The first kappa shape index (κ1) is 31.5. The van der Waals surface area contributed by atoms with E-state index in [9.17, 15) is 41.2 Å². The highest BCUT2D eigenvalue weighted by Crippen LogP contribution is 2.23. The van der Waals surface area contributed by atoms with Crippen LogP contribution in [0.5, 0.6) is 0 Å². The number of H-pyrrole nitrogens is 1. The van der Waals surface area contributed by atoms with Gasteiger partial charge in [0.2, 0.25) is 21.6 Å². The number of nitrogens with two attached hydrogens (primary N) is 1. The molecule has 0 saturated carbocycles. The monoisotopic (exact) mass is 671 g/mol. The van der Waals surface area contributed by atoms with Gasteiger partial charge in [0.15, 0.2) is 15.8 Å². The lowest BCUT2D eigenvalue weighted by atomic mass is 9.94. The summed E-state index contributed by atoms with van der Waals surface area (Å²) in [7, 11) is -8.21. The number of Topliss-reactive ketones (excluding diaryl/α,β-unsaturated/α-hetero) is 2. The maximum atomic E-state index is 13.7. The van der Waals surface area contributed by atoms with E-state index in [1.165, 1.54) is 18.2 Å². The van der Waals surface area contributed by atoms with Gasteiger partial charge in [-0.15, -0.1) is 4.40 Å². The second kappa shape index (κ2) is 11.5. The number of benzene rings is 3. The molecule has 15 nitrogen and oxygen atoms in total. The number of primary sulfonamides is 1. The molecule has 1 aliphatic heterocycles. The van der Waals surface area contributed by atoms with E-state index in [0.717, 1.165) is 13.2 Å². The highest BCUT2D eigenvalue weighted by Gasteiger charge is 2.40. The van der Waals surface area contributed by atoms with Gasteiger partial charge in [-0.05, 0) is 30.3 Å². The first-order valence-corrected chi connectivity index (χ1v) is 15.8. The first-order chi connectivity index (χ1) is 21.1. The van der Waals surface area contributed by atoms with Gasteiger partial charge in [-0.1, -0.05) is 41.9 Å². The van der Waals surface area contributed by atoms with Crippen molar-refractivity contribution in [3.8, 4) is 0 Å². The van der Waals surface area contributed by atoms with Gasteiger partial charge in [-0.3, -0.25) is 23.7 Å². The van der Waals surface area contributed by atoms with Crippen LogP contribution in [0.3, 0.4) is 0 Å². The molecule has 2 heterocycles. The average Bonchev–Trinajstić information content (AvgIpc) is 2.99. The van der Waals surface area contributed by atoms with E-state index in [1.807, 2.05) is 0 Å². The van der Waals surface area contributed by atoms with E-state index in [0.29, 0.717) is 11.6 Å². The molecule has 0 spiro atoms. The number of hydrogen-bond acceptors (Lipinski definition) is 11. The Kier molecular flexibility index (Phi) is 8.06. The summed E-state index contributed by atoms with van der Waals surface area (Å²) in [6.45, 7) is 0. The molecule has 0 amide bonds. The third-order valence-corrected chi connectivity index (χ3v) is 9.16. The van der Waals surface area contributed by atoms with Gasteiger partial charge >= 0.3 is 5.97 Å². The third-order valence-electron chi connectivity index (χ3n) is 6.46. The minimum Gasteiger partial charge on any atom is -0.463 e. The lowest BCUT2D eigenvalue weighted by Crippen LogP contribution is -2.38. The fourth-order valence-corrected chi connectivity index (χ4v) is 6.63. The Morgan fingerprint density at radius 2 is 1.73 bits per heavy atom. The molecule has 0 fully saturated rings. The molecule has 0 saturated heterocycles. The third kappa shape index (κ3) is 5.94. The molecule has 0 aliphatic carbocycles. The van der Waals surface area contributed by atoms with Crippen molar-refractivity contribution < 1.29 is 41.1 Å². The molecule has 18 heteroatoms. The first-order valence-electron chi connectivity index (χ1n) is 12.4. The number of esters is 1. The van der Waals surface area contributed by atoms with Gasteiger partial charge in [0, 0.05) is 11.1 Å². The fraction of sp³-hybridized carbons (Fsp3) is 0.0741. The van der Waals surface area contributed by atoms with Gasteiger partial charge in [0.1, 0.15) is 21.0 Å². The van der Waals surface area contributed by atoms with Crippen LogP contribution in [0.15, 0.2) is 79.7 Å². The number of halogens is 1. The van der Waals surface area contributed by atoms with E-state index >= 15 is 0 Å². The summed E-state index contributed by atoms with van der Waals surface area (Å²) < 4.78 is 54.5. The number of ether oxygens (including phenoxy) is 1. The number of rotatable bonds is 8. The zero-order valence-electron chi connectivity index (χ0n) is 22.6. The van der Waals surface area contributed by atoms with Crippen molar-refractivity contribution >= 4 is 71.8 Å². The summed E-state index contributed by atoms with van der Waals surface area (Å²) in [6, 6.07) is 13.8. The molecular formula is C27H18ClN5O10S2. The maximum Gasteiger partial charge on any atom is 0.375 e. The number of aromatic amines is 1. The topological polar surface area (TPSA) is 245 Å². The summed E-state index contributed by atoms with van der Waals surface area (Å²) in [5.74, 6) is -8.42. The summed E-state index contributed by atoms with van der Waals surface area (Å²) >= 11 is 5.97. The lowest BCUT2D eigenvalue weighted by molar-refractivity contribution is -0.153. The van der Waals surface area contributed by atoms with Crippen LogP contribution in [0.4, 0.5) is 0 Å². The molecule has 4 N–H and O–H groups in total. The van der Waals surface area contributed by atoms with Crippen LogP contribution < -0.4 is 16.1 Å². The van der Waals surface area contributed by atoms with Crippen molar-refractivity contribution in [3.05, 3.63) is 103 Å². The Hall–Kier alpha value is -4.94. The predicted octanol–water partition coefficient (Wildman–Crippen LogP) is 0.505. The van der Waals surface area contributed by atoms with Gasteiger partial charge < -0.3 is 9.72 Å². The number of carbonyl (C=O) groups excluding carboxylic acids is 4. The predicted molar refractivity (Wildman–Crippen MR) is 158 cm³/mol. The molecule has 1 aliphatic rings. The normalized spacial score (nSPS) is 16.6. The molecular weight excluding hydrogens is 654 g/mol. The summed E-state index contributed by atoms with van der Waals surface area (Å²) in [4.78, 5) is 74.8. The van der Waals surface area contributed by atoms with Crippen molar-refractivity contribution in [2.45, 2.75) is 10.8 Å². The number of hydrogen-bond donors (Lipinski definition) is 3. The molecule has 4 aromatic rings. The molecule has 1 aromatic heterocycles. The average molecular weight is 672 g/mol. The summed E-state index contributed by atoms with van der Waals surface area (Å²) in [6.07, 6.45) is 0. The molecule has 45 heavy (non-hydrogen) atoms. The Bertz CT molecular complexity index is 2420. The van der Waals surface area contributed by atoms with Crippen LogP contribution >= 0.6 is 11.6 Å². The highest BCUT2D eigenvalue weighted by atomic mass is 35.5. The molecule has 0 bridgehead atoms. The SMILES string of the molecule is COC(=O)C(=O)[C@H](C(=O)C1=NS(=O)(O)=c2cc(S(N)(=O)=O)c(Cl)cc2=N1)c1nc2ccc(C(=O)c3ccccc3)cc2[nH]c1=O. The van der Waals surface area contributed by atoms with Crippen LogP contribution in [0.2, 0.25) is 5.02 Å². The van der Waals surface area contributed by atoms with Crippen LogP contribution in [-0.4, -0.2) is 63.4 Å². The van der Waals surface area contributed by atoms with E-state index in [2.05, 4.69) is 24.1 Å². The number of carbonyl (C=O) groups is 4. The number of aromatic nitrogens is 2. The minimum absolute atomic E-state index is 0.00537.